The van der Waals surface area contributed by atoms with Gasteiger partial charge in [0.2, 0.25) is 10.0 Å². The Morgan fingerprint density at radius 1 is 1.22 bits per heavy atom. The molecule has 23 heavy (non-hydrogen) atoms. The molecule has 0 aliphatic heterocycles. The van der Waals surface area contributed by atoms with E-state index >= 15 is 0 Å². The molecule has 140 valence electrons. The van der Waals surface area contributed by atoms with E-state index in [1.54, 1.807) is 6.92 Å². The molecule has 0 heterocycles. The molecule has 0 bridgehead atoms. The number of nitrogens with zero attached hydrogens (tertiary/aromatic N) is 2. The largest absolute Gasteiger partial charge is 0.390 e. The molecule has 0 saturated carbocycles. The lowest BCUT2D eigenvalue weighted by molar-refractivity contribution is -0.132. The molecule has 0 unspecified atom stereocenters. The third kappa shape index (κ3) is 12.8. The van der Waals surface area contributed by atoms with Crippen LogP contribution in [-0.2, 0) is 10.0 Å². The molecule has 0 rings (SSSR count). The maximum atomic E-state index is 12.1. The van der Waals surface area contributed by atoms with Crippen molar-refractivity contribution >= 4 is 40.0 Å². The summed E-state index contributed by atoms with van der Waals surface area (Å²) in [5.74, 6) is 0.335. The maximum absolute atomic E-state index is 12.1. The first-order valence-corrected chi connectivity index (χ1v) is 8.76. The molecule has 0 radical (unpaired) electrons. The highest BCUT2D eigenvalue weighted by molar-refractivity contribution is 14.0. The normalized spacial score (nSPS) is 12.9. The molecule has 0 atom stereocenters. The third-order valence-electron chi connectivity index (χ3n) is 2.79. The predicted molar refractivity (Wildman–Crippen MR) is 96.8 cm³/mol. The lowest BCUT2D eigenvalue weighted by atomic mass is 10.4. The first-order chi connectivity index (χ1) is 10.1. The van der Waals surface area contributed by atoms with E-state index in [-0.39, 0.29) is 36.3 Å². The van der Waals surface area contributed by atoms with Crippen LogP contribution in [0.3, 0.4) is 0 Å². The minimum atomic E-state index is -4.21. The molecular weight excluding hydrogens is 448 g/mol. The molecule has 2 N–H and O–H groups in total. The van der Waals surface area contributed by atoms with Crippen LogP contribution in [0.15, 0.2) is 4.99 Å². The van der Waals surface area contributed by atoms with E-state index in [0.717, 1.165) is 0 Å². The van der Waals surface area contributed by atoms with Crippen LogP contribution >= 0.6 is 24.0 Å². The number of hydrogen-bond donors (Lipinski definition) is 2. The van der Waals surface area contributed by atoms with Gasteiger partial charge in [0.1, 0.15) is 0 Å². The minimum Gasteiger partial charge on any atom is -0.357 e. The second kappa shape index (κ2) is 12.1. The van der Waals surface area contributed by atoms with Crippen LogP contribution in [0.2, 0.25) is 0 Å². The molecule has 11 heteroatoms. The first kappa shape index (κ1) is 24.9. The number of alkyl halides is 3. The molecule has 0 aliphatic rings. The molecule has 0 aromatic heterocycles. The second-order valence-electron chi connectivity index (χ2n) is 4.63. The van der Waals surface area contributed by atoms with Crippen LogP contribution in [-0.4, -0.2) is 63.8 Å². The number of hydrogen-bond acceptors (Lipinski definition) is 3. The van der Waals surface area contributed by atoms with Crippen molar-refractivity contribution in [2.75, 3.05) is 39.0 Å². The van der Waals surface area contributed by atoms with Gasteiger partial charge in [-0.2, -0.15) is 13.2 Å². The number of nitrogens with one attached hydrogen (secondary N) is 2. The molecule has 0 spiro atoms. The van der Waals surface area contributed by atoms with Crippen molar-refractivity contribution in [2.45, 2.75) is 32.9 Å². The Morgan fingerprint density at radius 2 is 1.83 bits per heavy atom. The standard InChI is InChI=1S/C12H25F3N4O2S.HI/c1-4-16-11(18-9-7-12(13,14)15)17-8-6-10-19(3)22(20,21)5-2;/h4-10H2,1-3H3,(H2,16,17,18);1H. The minimum absolute atomic E-state index is 0. The van der Waals surface area contributed by atoms with Gasteiger partial charge in [-0.1, -0.05) is 0 Å². The van der Waals surface area contributed by atoms with E-state index < -0.39 is 22.6 Å². The number of aliphatic imine (C=N–C) groups is 1. The van der Waals surface area contributed by atoms with Crippen molar-refractivity contribution in [2.24, 2.45) is 4.99 Å². The Morgan fingerprint density at radius 3 is 2.30 bits per heavy atom. The number of sulfonamides is 1. The summed E-state index contributed by atoms with van der Waals surface area (Å²) in [6.45, 7) is 4.30. The topological polar surface area (TPSA) is 73.8 Å². The Labute approximate surface area is 153 Å². The first-order valence-electron chi connectivity index (χ1n) is 7.15. The quantitative estimate of drug-likeness (QED) is 0.231. The van der Waals surface area contributed by atoms with Gasteiger partial charge in [0.05, 0.1) is 12.2 Å². The van der Waals surface area contributed by atoms with Gasteiger partial charge in [-0.05, 0) is 20.3 Å². The van der Waals surface area contributed by atoms with Crippen LogP contribution in [0, 0.1) is 0 Å². The fourth-order valence-electron chi connectivity index (χ4n) is 1.51. The SMILES string of the molecule is CCNC(=NCCCN(C)S(=O)(=O)CC)NCCC(F)(F)F.I. The molecule has 0 aliphatic carbocycles. The van der Waals surface area contributed by atoms with Crippen molar-refractivity contribution < 1.29 is 21.6 Å². The molecule has 0 fully saturated rings. The lowest BCUT2D eigenvalue weighted by Crippen LogP contribution is -2.39. The second-order valence-corrected chi connectivity index (χ2v) is 6.99. The van der Waals surface area contributed by atoms with Gasteiger partial charge in [0, 0.05) is 33.2 Å². The average Bonchev–Trinajstić information content (AvgIpc) is 2.41. The summed E-state index contributed by atoms with van der Waals surface area (Å²) in [7, 11) is -1.72. The Bertz CT molecular complexity index is 444. The zero-order chi connectivity index (χ0) is 17.2. The van der Waals surface area contributed by atoms with Crippen LogP contribution in [0.25, 0.3) is 0 Å². The molecular formula is C12H26F3IN4O2S. The van der Waals surface area contributed by atoms with Crippen LogP contribution < -0.4 is 10.6 Å². The van der Waals surface area contributed by atoms with Crippen LogP contribution in [0.5, 0.6) is 0 Å². The Hall–Kier alpha value is -0.300. The Balaban J connectivity index is 0. The predicted octanol–water partition coefficient (Wildman–Crippen LogP) is 1.78. The summed E-state index contributed by atoms with van der Waals surface area (Å²) >= 11 is 0. The monoisotopic (exact) mass is 474 g/mol. The average molecular weight is 474 g/mol. The van der Waals surface area contributed by atoms with Crippen molar-refractivity contribution in [3.8, 4) is 0 Å². The van der Waals surface area contributed by atoms with Crippen molar-refractivity contribution in [3.63, 3.8) is 0 Å². The van der Waals surface area contributed by atoms with Gasteiger partial charge >= 0.3 is 6.18 Å². The van der Waals surface area contributed by atoms with Gasteiger partial charge in [0.15, 0.2) is 5.96 Å². The van der Waals surface area contributed by atoms with Gasteiger partial charge in [0.25, 0.3) is 0 Å². The van der Waals surface area contributed by atoms with Crippen LogP contribution in [0.1, 0.15) is 26.7 Å². The van der Waals surface area contributed by atoms with E-state index in [1.807, 2.05) is 6.92 Å². The van der Waals surface area contributed by atoms with E-state index in [0.29, 0.717) is 32.0 Å². The molecule has 6 nitrogen and oxygen atoms in total. The van der Waals surface area contributed by atoms with Gasteiger partial charge in [-0.3, -0.25) is 4.99 Å². The van der Waals surface area contributed by atoms with E-state index in [2.05, 4.69) is 15.6 Å². The van der Waals surface area contributed by atoms with Crippen molar-refractivity contribution in [1.82, 2.24) is 14.9 Å². The molecule has 0 saturated heterocycles. The van der Waals surface area contributed by atoms with Crippen LogP contribution in [0.4, 0.5) is 13.2 Å². The highest BCUT2D eigenvalue weighted by atomic mass is 127. The molecule has 0 aromatic carbocycles. The van der Waals surface area contributed by atoms with Crippen molar-refractivity contribution in [3.05, 3.63) is 0 Å². The molecule has 0 amide bonds. The maximum Gasteiger partial charge on any atom is 0.390 e. The number of guanidine groups is 1. The zero-order valence-corrected chi connectivity index (χ0v) is 16.8. The van der Waals surface area contributed by atoms with Gasteiger partial charge < -0.3 is 10.6 Å². The number of halogens is 4. The zero-order valence-electron chi connectivity index (χ0n) is 13.6. The smallest absolute Gasteiger partial charge is 0.357 e. The number of rotatable bonds is 9. The summed E-state index contributed by atoms with van der Waals surface area (Å²) in [5.41, 5.74) is 0. The van der Waals surface area contributed by atoms with E-state index in [1.165, 1.54) is 11.4 Å². The van der Waals surface area contributed by atoms with E-state index in [9.17, 15) is 21.6 Å². The Kier molecular flexibility index (Phi) is 13.1. The highest BCUT2D eigenvalue weighted by Crippen LogP contribution is 2.17. The fraction of sp³-hybridized carbons (Fsp3) is 0.917. The van der Waals surface area contributed by atoms with Gasteiger partial charge in [-0.15, -0.1) is 24.0 Å². The lowest BCUT2D eigenvalue weighted by Gasteiger charge is -2.15. The summed E-state index contributed by atoms with van der Waals surface area (Å²) in [4.78, 5) is 4.12. The van der Waals surface area contributed by atoms with Gasteiger partial charge in [-0.25, -0.2) is 12.7 Å². The third-order valence-corrected chi connectivity index (χ3v) is 4.65. The fourth-order valence-corrected chi connectivity index (χ4v) is 2.36. The van der Waals surface area contributed by atoms with Crippen molar-refractivity contribution in [1.29, 1.82) is 0 Å². The molecule has 0 aromatic rings. The highest BCUT2D eigenvalue weighted by Gasteiger charge is 2.26. The van der Waals surface area contributed by atoms with E-state index in [4.69, 9.17) is 0 Å². The summed E-state index contributed by atoms with van der Waals surface area (Å²) < 4.78 is 60.5. The summed E-state index contributed by atoms with van der Waals surface area (Å²) in [5, 5.41) is 5.43. The summed E-state index contributed by atoms with van der Waals surface area (Å²) in [6, 6.07) is 0. The summed E-state index contributed by atoms with van der Waals surface area (Å²) in [6.07, 6.45) is -4.65.